The molecule has 0 aliphatic carbocycles. The van der Waals surface area contributed by atoms with Gasteiger partial charge in [0.2, 0.25) is 5.91 Å². The fourth-order valence-corrected chi connectivity index (χ4v) is 1.77. The van der Waals surface area contributed by atoms with Gasteiger partial charge in [-0.3, -0.25) is 14.6 Å². The van der Waals surface area contributed by atoms with E-state index in [0.717, 1.165) is 0 Å². The van der Waals surface area contributed by atoms with E-state index < -0.39 is 17.2 Å². The van der Waals surface area contributed by atoms with Gasteiger partial charge in [0.15, 0.2) is 0 Å². The van der Waals surface area contributed by atoms with Crippen molar-refractivity contribution >= 4 is 12.1 Å². The second-order valence-electron chi connectivity index (χ2n) is 4.53. The number of carbonyl (C=O) groups is 1. The molecular formula is C14H13FN4O3. The van der Waals surface area contributed by atoms with E-state index in [-0.39, 0.29) is 17.8 Å². The number of nitrogens with one attached hydrogen (secondary N) is 3. The van der Waals surface area contributed by atoms with E-state index in [4.69, 9.17) is 0 Å². The molecule has 0 bridgehead atoms. The van der Waals surface area contributed by atoms with Crippen molar-refractivity contribution in [3.05, 3.63) is 67.7 Å². The minimum atomic E-state index is -0.624. The van der Waals surface area contributed by atoms with E-state index in [1.165, 1.54) is 37.4 Å². The zero-order valence-corrected chi connectivity index (χ0v) is 11.6. The average Bonchev–Trinajstić information content (AvgIpc) is 2.45. The maximum absolute atomic E-state index is 12.7. The number of hydrogen-bond donors (Lipinski definition) is 3. The number of nitrogens with zero attached hydrogens (tertiary/aromatic N) is 1. The van der Waals surface area contributed by atoms with Gasteiger partial charge in [0, 0.05) is 11.3 Å². The molecule has 1 aromatic carbocycles. The van der Waals surface area contributed by atoms with Gasteiger partial charge in [0.05, 0.1) is 12.6 Å². The molecule has 0 saturated heterocycles. The van der Waals surface area contributed by atoms with Gasteiger partial charge in [-0.25, -0.2) is 14.6 Å². The Hall–Kier alpha value is -3.03. The molecule has 0 radical (unpaired) electrons. The van der Waals surface area contributed by atoms with E-state index in [9.17, 15) is 18.8 Å². The monoisotopic (exact) mass is 304 g/mol. The van der Waals surface area contributed by atoms with Crippen LogP contribution in [-0.2, 0) is 11.2 Å². The molecular weight excluding hydrogens is 291 g/mol. The van der Waals surface area contributed by atoms with Crippen LogP contribution in [-0.4, -0.2) is 22.1 Å². The van der Waals surface area contributed by atoms with Crippen molar-refractivity contribution in [2.24, 2.45) is 5.10 Å². The minimum absolute atomic E-state index is 0.161. The Kier molecular flexibility index (Phi) is 4.62. The lowest BCUT2D eigenvalue weighted by atomic mass is 10.1. The minimum Gasteiger partial charge on any atom is -0.311 e. The normalized spacial score (nSPS) is 10.8. The molecule has 0 aliphatic rings. The van der Waals surface area contributed by atoms with Crippen LogP contribution in [0.2, 0.25) is 0 Å². The van der Waals surface area contributed by atoms with Gasteiger partial charge in [0.1, 0.15) is 5.82 Å². The quantitative estimate of drug-likeness (QED) is 0.555. The Balaban J connectivity index is 2.00. The van der Waals surface area contributed by atoms with E-state index in [1.54, 1.807) is 0 Å². The standard InChI is InChI=1S/C14H13FN4O3/c1-8-11(13(21)18-14(22)17-8)6-12(20)19-16-7-9-2-4-10(15)5-3-9/h2-5,7H,6H2,1H3,(H,19,20)(H2,17,18,21,22)/b16-7-. The van der Waals surface area contributed by atoms with Gasteiger partial charge in [-0.1, -0.05) is 12.1 Å². The van der Waals surface area contributed by atoms with Crippen LogP contribution >= 0.6 is 0 Å². The summed E-state index contributed by atoms with van der Waals surface area (Å²) in [7, 11) is 0. The lowest BCUT2D eigenvalue weighted by Gasteiger charge is -2.02. The molecule has 2 aromatic rings. The number of aromatic amines is 2. The smallest absolute Gasteiger partial charge is 0.311 e. The topological polar surface area (TPSA) is 107 Å². The van der Waals surface area contributed by atoms with Crippen molar-refractivity contribution in [1.29, 1.82) is 0 Å². The SMILES string of the molecule is Cc1[nH]c(=O)[nH]c(=O)c1CC(=O)N/N=C\c1ccc(F)cc1. The van der Waals surface area contributed by atoms with Gasteiger partial charge in [-0.2, -0.15) is 5.10 Å². The first kappa shape index (κ1) is 15.4. The molecule has 0 saturated carbocycles. The number of benzene rings is 1. The van der Waals surface area contributed by atoms with Crippen molar-refractivity contribution in [3.63, 3.8) is 0 Å². The highest BCUT2D eigenvalue weighted by Gasteiger charge is 2.10. The molecule has 1 aromatic heterocycles. The molecule has 0 unspecified atom stereocenters. The summed E-state index contributed by atoms with van der Waals surface area (Å²) in [5.41, 5.74) is 2.12. The molecule has 0 aliphatic heterocycles. The molecule has 1 heterocycles. The summed E-state index contributed by atoms with van der Waals surface area (Å²) in [6, 6.07) is 5.54. The highest BCUT2D eigenvalue weighted by Crippen LogP contribution is 2.00. The number of H-pyrrole nitrogens is 2. The van der Waals surface area contributed by atoms with Crippen LogP contribution in [0.15, 0.2) is 39.0 Å². The summed E-state index contributed by atoms with van der Waals surface area (Å²) < 4.78 is 12.7. The van der Waals surface area contributed by atoms with E-state index >= 15 is 0 Å². The molecule has 8 heteroatoms. The fourth-order valence-electron chi connectivity index (χ4n) is 1.77. The molecule has 2 rings (SSSR count). The Morgan fingerprint density at radius 2 is 1.95 bits per heavy atom. The third-order valence-corrected chi connectivity index (χ3v) is 2.87. The maximum atomic E-state index is 12.7. The molecule has 7 nitrogen and oxygen atoms in total. The predicted molar refractivity (Wildman–Crippen MR) is 78.3 cm³/mol. The van der Waals surface area contributed by atoms with Crippen LogP contribution in [0.4, 0.5) is 4.39 Å². The van der Waals surface area contributed by atoms with Crippen molar-refractivity contribution < 1.29 is 9.18 Å². The van der Waals surface area contributed by atoms with Gasteiger partial charge in [0.25, 0.3) is 5.56 Å². The van der Waals surface area contributed by atoms with Crippen molar-refractivity contribution in [2.45, 2.75) is 13.3 Å². The predicted octanol–water partition coefficient (Wildman–Crippen LogP) is 0.204. The Morgan fingerprint density at radius 3 is 2.59 bits per heavy atom. The van der Waals surface area contributed by atoms with Gasteiger partial charge in [-0.05, 0) is 24.6 Å². The van der Waals surface area contributed by atoms with Gasteiger partial charge >= 0.3 is 5.69 Å². The number of halogens is 1. The number of amides is 1. The summed E-state index contributed by atoms with van der Waals surface area (Å²) in [5, 5.41) is 3.71. The summed E-state index contributed by atoms with van der Waals surface area (Å²) in [6.07, 6.45) is 1.13. The summed E-state index contributed by atoms with van der Waals surface area (Å²) in [6.45, 7) is 1.53. The van der Waals surface area contributed by atoms with Crippen molar-refractivity contribution in [3.8, 4) is 0 Å². The number of aryl methyl sites for hydroxylation is 1. The van der Waals surface area contributed by atoms with Crippen LogP contribution in [0.3, 0.4) is 0 Å². The molecule has 0 atom stereocenters. The first-order valence-electron chi connectivity index (χ1n) is 6.35. The Labute approximate surface area is 123 Å². The number of aromatic nitrogens is 2. The van der Waals surface area contributed by atoms with Crippen LogP contribution in [0.25, 0.3) is 0 Å². The molecule has 0 spiro atoms. The van der Waals surface area contributed by atoms with Crippen LogP contribution in [0, 0.1) is 12.7 Å². The van der Waals surface area contributed by atoms with E-state index in [0.29, 0.717) is 11.3 Å². The van der Waals surface area contributed by atoms with Crippen molar-refractivity contribution in [1.82, 2.24) is 15.4 Å². The van der Waals surface area contributed by atoms with Crippen LogP contribution in [0.5, 0.6) is 0 Å². The molecule has 3 N–H and O–H groups in total. The first-order chi connectivity index (χ1) is 10.5. The number of hydrogen-bond acceptors (Lipinski definition) is 4. The Morgan fingerprint density at radius 1 is 1.27 bits per heavy atom. The Bertz CT molecular complexity index is 821. The molecule has 22 heavy (non-hydrogen) atoms. The zero-order chi connectivity index (χ0) is 16.1. The van der Waals surface area contributed by atoms with Crippen molar-refractivity contribution in [2.75, 3.05) is 0 Å². The third kappa shape index (κ3) is 3.98. The lowest BCUT2D eigenvalue weighted by molar-refractivity contribution is -0.120. The largest absolute Gasteiger partial charge is 0.325 e. The van der Waals surface area contributed by atoms with Crippen LogP contribution < -0.4 is 16.7 Å². The maximum Gasteiger partial charge on any atom is 0.325 e. The van der Waals surface area contributed by atoms with Gasteiger partial charge < -0.3 is 4.98 Å². The fraction of sp³-hybridized carbons (Fsp3) is 0.143. The van der Waals surface area contributed by atoms with Crippen LogP contribution in [0.1, 0.15) is 16.8 Å². The summed E-state index contributed by atoms with van der Waals surface area (Å²) in [5.74, 6) is -0.882. The molecule has 0 fully saturated rings. The lowest BCUT2D eigenvalue weighted by Crippen LogP contribution is -2.30. The van der Waals surface area contributed by atoms with E-state index in [2.05, 4.69) is 20.5 Å². The third-order valence-electron chi connectivity index (χ3n) is 2.87. The van der Waals surface area contributed by atoms with Gasteiger partial charge in [-0.15, -0.1) is 0 Å². The zero-order valence-electron chi connectivity index (χ0n) is 11.6. The highest BCUT2D eigenvalue weighted by atomic mass is 19.1. The second-order valence-corrected chi connectivity index (χ2v) is 4.53. The molecule has 114 valence electrons. The number of carbonyl (C=O) groups excluding carboxylic acids is 1. The number of rotatable bonds is 4. The summed E-state index contributed by atoms with van der Waals surface area (Å²) in [4.78, 5) is 38.8. The second kappa shape index (κ2) is 6.61. The summed E-state index contributed by atoms with van der Waals surface area (Å²) >= 11 is 0. The first-order valence-corrected chi connectivity index (χ1v) is 6.35. The van der Waals surface area contributed by atoms with E-state index in [1.807, 2.05) is 0 Å². The highest BCUT2D eigenvalue weighted by molar-refractivity contribution is 5.83. The average molecular weight is 304 g/mol. The molecule has 1 amide bonds. The number of hydrazone groups is 1.